The molecule has 2 aliphatic rings. The van der Waals surface area contributed by atoms with Crippen molar-refractivity contribution in [1.82, 2.24) is 19.6 Å². The highest BCUT2D eigenvalue weighted by atomic mass is 16.5. The fraction of sp³-hybridized carbons (Fsp3) is 0.519. The summed E-state index contributed by atoms with van der Waals surface area (Å²) >= 11 is 0. The van der Waals surface area contributed by atoms with E-state index in [1.165, 1.54) is 37.7 Å². The van der Waals surface area contributed by atoms with Gasteiger partial charge in [-0.2, -0.15) is 10.4 Å². The molecule has 3 aromatic heterocycles. The maximum Gasteiger partial charge on any atom is 0.293 e. The highest BCUT2D eigenvalue weighted by Gasteiger charge is 2.31. The fourth-order valence-corrected chi connectivity index (χ4v) is 4.07. The van der Waals surface area contributed by atoms with E-state index < -0.39 is 0 Å². The molecule has 0 unspecified atom stereocenters. The number of pyridine rings is 1. The number of nitriles is 1. The van der Waals surface area contributed by atoms with Crippen LogP contribution in [0.1, 0.15) is 83.8 Å². The summed E-state index contributed by atoms with van der Waals surface area (Å²) in [6.07, 6.45) is 9.51. The lowest BCUT2D eigenvalue weighted by molar-refractivity contribution is -0.138. The van der Waals surface area contributed by atoms with Gasteiger partial charge in [-0.1, -0.05) is 13.8 Å². The number of hydrogen-bond acceptors (Lipinski definition) is 7. The zero-order chi connectivity index (χ0) is 25.4. The Morgan fingerprint density at radius 2 is 1.83 bits per heavy atom. The predicted octanol–water partition coefficient (Wildman–Crippen LogP) is 5.51. The summed E-state index contributed by atoms with van der Waals surface area (Å²) in [5, 5.41) is 13.8. The predicted molar refractivity (Wildman–Crippen MR) is 137 cm³/mol. The van der Waals surface area contributed by atoms with E-state index in [9.17, 15) is 10.1 Å². The maximum absolute atomic E-state index is 9.60. The van der Waals surface area contributed by atoms with Crippen LogP contribution in [0.4, 0.5) is 5.82 Å². The Labute approximate surface area is 208 Å². The number of piperidine rings is 1. The molecule has 0 amide bonds. The van der Waals surface area contributed by atoms with Gasteiger partial charge in [0, 0.05) is 19.3 Å². The van der Waals surface area contributed by atoms with Crippen LogP contribution in [0, 0.1) is 11.3 Å². The van der Waals surface area contributed by atoms with Gasteiger partial charge in [0.1, 0.15) is 17.4 Å². The summed E-state index contributed by atoms with van der Waals surface area (Å²) in [4.78, 5) is 21.2. The number of carbonyl (C=O) groups is 1. The molecule has 0 spiro atoms. The van der Waals surface area contributed by atoms with Crippen LogP contribution < -0.4 is 4.90 Å². The molecule has 35 heavy (non-hydrogen) atoms. The van der Waals surface area contributed by atoms with E-state index in [2.05, 4.69) is 36.8 Å². The third-order valence-corrected chi connectivity index (χ3v) is 5.79. The normalized spacial score (nSPS) is 15.3. The van der Waals surface area contributed by atoms with Gasteiger partial charge in [-0.3, -0.25) is 9.78 Å². The molecule has 5 rings (SSSR count). The Hall–Kier alpha value is -3.47. The number of nitrogens with zero attached hydrogens (tertiary/aromatic N) is 6. The number of anilines is 1. The first-order valence-corrected chi connectivity index (χ1v) is 12.5. The first kappa shape index (κ1) is 26.1. The second-order valence-corrected chi connectivity index (χ2v) is 9.52. The molecule has 0 N–H and O–H groups in total. The Morgan fingerprint density at radius 3 is 2.40 bits per heavy atom. The molecule has 1 saturated heterocycles. The van der Waals surface area contributed by atoms with E-state index in [0.717, 1.165) is 35.8 Å². The van der Waals surface area contributed by atoms with Crippen molar-refractivity contribution in [1.29, 1.82) is 5.26 Å². The second kappa shape index (κ2) is 11.8. The minimum atomic E-state index is -0.318. The minimum Gasteiger partial charge on any atom is -0.462 e. The van der Waals surface area contributed by atoms with Crippen molar-refractivity contribution in [2.75, 3.05) is 18.0 Å². The number of ether oxygens (including phenoxy) is 1. The highest BCUT2D eigenvalue weighted by molar-refractivity contribution is 5.80. The molecule has 0 aromatic carbocycles. The summed E-state index contributed by atoms with van der Waals surface area (Å²) in [6.45, 7) is 12.0. The van der Waals surface area contributed by atoms with Crippen molar-refractivity contribution in [2.24, 2.45) is 0 Å². The number of aromatic nitrogens is 4. The minimum absolute atomic E-state index is 0.318. The Morgan fingerprint density at radius 1 is 1.11 bits per heavy atom. The van der Waals surface area contributed by atoms with Crippen molar-refractivity contribution < 1.29 is 9.53 Å². The molecule has 4 heterocycles. The Balaban J connectivity index is 0.000000331. The van der Waals surface area contributed by atoms with Crippen LogP contribution in [0.3, 0.4) is 0 Å². The van der Waals surface area contributed by atoms with E-state index in [1.54, 1.807) is 18.6 Å². The Kier molecular flexibility index (Phi) is 8.80. The average molecular weight is 477 g/mol. The number of fused-ring (bicyclic) bond motifs is 1. The van der Waals surface area contributed by atoms with Crippen LogP contribution in [0.15, 0.2) is 30.7 Å². The standard InChI is InChI=1S/C20H20N6.C5H10O2.C2H6/c21-12-14-6-7-22-17(10-14)18-11-16(15-4-5-15)19-20(23-13-24-26(18)19)25-8-2-1-3-9-25;1-5(2,3)7-4-6;1-2/h6-7,10-11,13,15H,1-5,8-9H2;4H,1-3H3;1-2H3. The molecule has 0 atom stereocenters. The monoisotopic (exact) mass is 476 g/mol. The highest BCUT2D eigenvalue weighted by Crippen LogP contribution is 2.46. The molecule has 1 aliphatic carbocycles. The SMILES string of the molecule is CC.CC(C)(C)OC=O.N#Cc1ccnc(-c2cc(C3CC3)c3c(N4CCCCC4)ncnn23)c1. The molecular weight excluding hydrogens is 440 g/mol. The zero-order valence-corrected chi connectivity index (χ0v) is 21.5. The van der Waals surface area contributed by atoms with Crippen molar-refractivity contribution in [3.8, 4) is 17.5 Å². The van der Waals surface area contributed by atoms with E-state index in [-0.39, 0.29) is 5.60 Å². The molecule has 186 valence electrons. The van der Waals surface area contributed by atoms with E-state index >= 15 is 0 Å². The van der Waals surface area contributed by atoms with Crippen molar-refractivity contribution >= 4 is 17.8 Å². The second-order valence-electron chi connectivity index (χ2n) is 9.52. The first-order valence-electron chi connectivity index (χ1n) is 12.5. The van der Waals surface area contributed by atoms with Gasteiger partial charge in [-0.25, -0.2) is 9.50 Å². The lowest BCUT2D eigenvalue weighted by Crippen LogP contribution is -2.30. The van der Waals surface area contributed by atoms with E-state index in [0.29, 0.717) is 18.0 Å². The van der Waals surface area contributed by atoms with Gasteiger partial charge < -0.3 is 9.64 Å². The third kappa shape index (κ3) is 6.56. The van der Waals surface area contributed by atoms with Gasteiger partial charge in [0.15, 0.2) is 5.82 Å². The Bertz CT molecular complexity index is 1160. The molecule has 1 aliphatic heterocycles. The molecule has 1 saturated carbocycles. The van der Waals surface area contributed by atoms with Gasteiger partial charge in [-0.15, -0.1) is 0 Å². The van der Waals surface area contributed by atoms with Gasteiger partial charge in [0.2, 0.25) is 0 Å². The van der Waals surface area contributed by atoms with Crippen molar-refractivity contribution in [3.63, 3.8) is 0 Å². The lowest BCUT2D eigenvalue weighted by atomic mass is 10.1. The molecule has 2 fully saturated rings. The number of hydrogen-bond donors (Lipinski definition) is 0. The van der Waals surface area contributed by atoms with Gasteiger partial charge in [0.25, 0.3) is 6.47 Å². The van der Waals surface area contributed by atoms with Crippen molar-refractivity contribution in [3.05, 3.63) is 41.9 Å². The van der Waals surface area contributed by atoms with Crippen LogP contribution in [-0.4, -0.2) is 44.7 Å². The van der Waals surface area contributed by atoms with Crippen LogP contribution >= 0.6 is 0 Å². The first-order chi connectivity index (χ1) is 16.9. The lowest BCUT2D eigenvalue weighted by Gasteiger charge is -2.28. The summed E-state index contributed by atoms with van der Waals surface area (Å²) in [7, 11) is 0. The molecular formula is C27H36N6O2. The van der Waals surface area contributed by atoms with E-state index in [4.69, 9.17) is 0 Å². The van der Waals surface area contributed by atoms with Crippen LogP contribution in [-0.2, 0) is 9.53 Å². The maximum atomic E-state index is 9.60. The molecule has 8 heteroatoms. The summed E-state index contributed by atoms with van der Waals surface area (Å²) < 4.78 is 6.53. The topological polar surface area (TPSA) is 96.4 Å². The molecule has 3 aromatic rings. The van der Waals surface area contributed by atoms with Crippen LogP contribution in [0.25, 0.3) is 16.9 Å². The van der Waals surface area contributed by atoms with Crippen LogP contribution in [0.2, 0.25) is 0 Å². The number of rotatable bonds is 4. The third-order valence-electron chi connectivity index (χ3n) is 5.79. The fourth-order valence-electron chi connectivity index (χ4n) is 4.07. The largest absolute Gasteiger partial charge is 0.462 e. The average Bonchev–Trinajstić information content (AvgIpc) is 3.65. The van der Waals surface area contributed by atoms with Gasteiger partial charge >= 0.3 is 0 Å². The molecule has 0 radical (unpaired) electrons. The van der Waals surface area contributed by atoms with Crippen molar-refractivity contribution in [2.45, 2.75) is 78.2 Å². The molecule has 0 bridgehead atoms. The van der Waals surface area contributed by atoms with Gasteiger partial charge in [-0.05, 0) is 82.6 Å². The zero-order valence-electron chi connectivity index (χ0n) is 21.5. The summed E-state index contributed by atoms with van der Waals surface area (Å²) in [5.41, 5.74) is 4.47. The summed E-state index contributed by atoms with van der Waals surface area (Å²) in [6, 6.07) is 7.97. The molecule has 8 nitrogen and oxygen atoms in total. The van der Waals surface area contributed by atoms with Gasteiger partial charge in [0.05, 0.1) is 23.0 Å². The van der Waals surface area contributed by atoms with E-state index in [1.807, 2.05) is 45.2 Å². The smallest absolute Gasteiger partial charge is 0.293 e. The summed E-state index contributed by atoms with van der Waals surface area (Å²) in [5.74, 6) is 1.64. The van der Waals surface area contributed by atoms with Crippen LogP contribution in [0.5, 0.6) is 0 Å². The number of carbonyl (C=O) groups excluding carboxylic acids is 1. The quantitative estimate of drug-likeness (QED) is 0.458.